The molecule has 2 aromatic rings. The first-order valence-electron chi connectivity index (χ1n) is 5.76. The minimum absolute atomic E-state index is 0.0262. The van der Waals surface area contributed by atoms with Gasteiger partial charge in [0.1, 0.15) is 5.75 Å². The zero-order valence-electron chi connectivity index (χ0n) is 10.5. The van der Waals surface area contributed by atoms with E-state index in [1.807, 2.05) is 36.4 Å². The molecule has 0 unspecified atom stereocenters. The first-order valence-corrected chi connectivity index (χ1v) is 5.76. The molecule has 1 heterocycles. The van der Waals surface area contributed by atoms with E-state index in [1.165, 1.54) is 0 Å². The Labute approximate surface area is 102 Å². The van der Waals surface area contributed by atoms with E-state index in [-0.39, 0.29) is 5.41 Å². The molecule has 0 bridgehead atoms. The Morgan fingerprint density at radius 3 is 2.29 bits per heavy atom. The maximum Gasteiger partial charge on any atom is 0.222 e. The minimum atomic E-state index is 0.0262. The molecule has 0 aliphatic rings. The van der Waals surface area contributed by atoms with Crippen molar-refractivity contribution in [1.29, 1.82) is 0 Å². The van der Waals surface area contributed by atoms with E-state index in [0.717, 1.165) is 11.3 Å². The molecule has 0 saturated carbocycles. The van der Waals surface area contributed by atoms with Gasteiger partial charge in [-0.1, -0.05) is 45.0 Å². The van der Waals surface area contributed by atoms with Gasteiger partial charge in [0.05, 0.1) is 0 Å². The Balaban J connectivity index is 2.34. The van der Waals surface area contributed by atoms with E-state index in [4.69, 9.17) is 4.74 Å². The number of hydrogen-bond donors (Lipinski definition) is 0. The molecule has 0 saturated heterocycles. The Morgan fingerprint density at radius 2 is 1.65 bits per heavy atom. The second-order valence-corrected chi connectivity index (χ2v) is 5.02. The fourth-order valence-electron chi connectivity index (χ4n) is 1.64. The van der Waals surface area contributed by atoms with Crippen LogP contribution in [0.25, 0.3) is 0 Å². The van der Waals surface area contributed by atoms with Gasteiger partial charge in [-0.25, -0.2) is 4.98 Å². The molecule has 2 heteroatoms. The normalized spacial score (nSPS) is 11.2. The molecule has 1 aromatic heterocycles. The smallest absolute Gasteiger partial charge is 0.222 e. The first kappa shape index (κ1) is 11.6. The quantitative estimate of drug-likeness (QED) is 0.768. The van der Waals surface area contributed by atoms with Crippen molar-refractivity contribution in [2.45, 2.75) is 26.2 Å². The lowest BCUT2D eigenvalue weighted by Crippen LogP contribution is -2.13. The average molecular weight is 227 g/mol. The van der Waals surface area contributed by atoms with Crippen LogP contribution in [0.15, 0.2) is 48.7 Å². The molecule has 2 rings (SSSR count). The molecule has 0 atom stereocenters. The van der Waals surface area contributed by atoms with Crippen molar-refractivity contribution in [3.63, 3.8) is 0 Å². The number of pyridine rings is 1. The predicted molar refractivity (Wildman–Crippen MR) is 69.5 cm³/mol. The predicted octanol–water partition coefficient (Wildman–Crippen LogP) is 4.17. The number of para-hydroxylation sites is 1. The van der Waals surface area contributed by atoms with Crippen molar-refractivity contribution >= 4 is 0 Å². The van der Waals surface area contributed by atoms with E-state index in [2.05, 4.69) is 31.8 Å². The number of aromatic nitrogens is 1. The van der Waals surface area contributed by atoms with Gasteiger partial charge in [0, 0.05) is 11.8 Å². The maximum atomic E-state index is 5.82. The largest absolute Gasteiger partial charge is 0.439 e. The number of nitrogens with zero attached hydrogens (tertiary/aromatic N) is 1. The maximum absolute atomic E-state index is 5.82. The summed E-state index contributed by atoms with van der Waals surface area (Å²) in [6.45, 7) is 6.46. The van der Waals surface area contributed by atoms with Crippen LogP contribution in [-0.4, -0.2) is 4.98 Å². The topological polar surface area (TPSA) is 22.1 Å². The van der Waals surface area contributed by atoms with Crippen LogP contribution in [0.4, 0.5) is 0 Å². The van der Waals surface area contributed by atoms with Crippen molar-refractivity contribution in [3.05, 3.63) is 54.2 Å². The van der Waals surface area contributed by atoms with Gasteiger partial charge in [-0.2, -0.15) is 0 Å². The van der Waals surface area contributed by atoms with E-state index < -0.39 is 0 Å². The highest BCUT2D eigenvalue weighted by atomic mass is 16.5. The minimum Gasteiger partial charge on any atom is -0.439 e. The molecule has 0 fully saturated rings. The summed E-state index contributed by atoms with van der Waals surface area (Å²) < 4.78 is 5.82. The summed E-state index contributed by atoms with van der Waals surface area (Å²) in [4.78, 5) is 4.32. The summed E-state index contributed by atoms with van der Waals surface area (Å²) in [6, 6.07) is 13.7. The third-order valence-electron chi connectivity index (χ3n) is 2.54. The molecular formula is C15H17NO. The fraction of sp³-hybridized carbons (Fsp3) is 0.267. The summed E-state index contributed by atoms with van der Waals surface area (Å²) in [5, 5.41) is 0. The highest BCUT2D eigenvalue weighted by Gasteiger charge is 2.19. The van der Waals surface area contributed by atoms with E-state index in [1.54, 1.807) is 6.20 Å². The van der Waals surface area contributed by atoms with Gasteiger partial charge in [-0.3, -0.25) is 0 Å². The molecule has 1 aromatic carbocycles. The van der Waals surface area contributed by atoms with Crippen LogP contribution >= 0.6 is 0 Å². The number of ether oxygens (including phenoxy) is 1. The number of benzene rings is 1. The van der Waals surface area contributed by atoms with Crippen LogP contribution in [0, 0.1) is 0 Å². The number of hydrogen-bond acceptors (Lipinski definition) is 2. The Bertz CT molecular complexity index is 486. The monoisotopic (exact) mass is 227 g/mol. The van der Waals surface area contributed by atoms with E-state index >= 15 is 0 Å². The lowest BCUT2D eigenvalue weighted by molar-refractivity contribution is 0.436. The van der Waals surface area contributed by atoms with Crippen LogP contribution < -0.4 is 4.74 Å². The zero-order valence-corrected chi connectivity index (χ0v) is 10.5. The van der Waals surface area contributed by atoms with Crippen LogP contribution in [0.2, 0.25) is 0 Å². The van der Waals surface area contributed by atoms with Crippen molar-refractivity contribution in [2.24, 2.45) is 0 Å². The Hall–Kier alpha value is -1.83. The third kappa shape index (κ3) is 2.84. The molecular weight excluding hydrogens is 210 g/mol. The van der Waals surface area contributed by atoms with Gasteiger partial charge in [-0.05, 0) is 23.6 Å². The summed E-state index contributed by atoms with van der Waals surface area (Å²) in [5.74, 6) is 1.50. The SMILES string of the molecule is CC(C)(C)c1cccnc1Oc1ccccc1. The fourth-order valence-corrected chi connectivity index (χ4v) is 1.64. The highest BCUT2D eigenvalue weighted by Crippen LogP contribution is 2.31. The van der Waals surface area contributed by atoms with Gasteiger partial charge in [0.15, 0.2) is 0 Å². The summed E-state index contributed by atoms with van der Waals surface area (Å²) in [5.41, 5.74) is 1.14. The lowest BCUT2D eigenvalue weighted by atomic mass is 9.88. The van der Waals surface area contributed by atoms with Crippen LogP contribution in [0.5, 0.6) is 11.6 Å². The van der Waals surface area contributed by atoms with Crippen molar-refractivity contribution in [2.75, 3.05) is 0 Å². The molecule has 0 amide bonds. The summed E-state index contributed by atoms with van der Waals surface area (Å²) >= 11 is 0. The van der Waals surface area contributed by atoms with Crippen LogP contribution in [0.1, 0.15) is 26.3 Å². The van der Waals surface area contributed by atoms with Gasteiger partial charge < -0.3 is 4.74 Å². The number of rotatable bonds is 2. The van der Waals surface area contributed by atoms with E-state index in [9.17, 15) is 0 Å². The Morgan fingerprint density at radius 1 is 0.941 bits per heavy atom. The van der Waals surface area contributed by atoms with Gasteiger partial charge in [0.25, 0.3) is 0 Å². The van der Waals surface area contributed by atoms with Crippen molar-refractivity contribution in [3.8, 4) is 11.6 Å². The molecule has 17 heavy (non-hydrogen) atoms. The summed E-state index contributed by atoms with van der Waals surface area (Å²) in [7, 11) is 0. The summed E-state index contributed by atoms with van der Waals surface area (Å²) in [6.07, 6.45) is 1.76. The van der Waals surface area contributed by atoms with Crippen LogP contribution in [-0.2, 0) is 5.41 Å². The molecule has 0 radical (unpaired) electrons. The molecule has 0 N–H and O–H groups in total. The van der Waals surface area contributed by atoms with Gasteiger partial charge in [-0.15, -0.1) is 0 Å². The zero-order chi connectivity index (χ0) is 12.3. The molecule has 0 aliphatic carbocycles. The van der Waals surface area contributed by atoms with Crippen LogP contribution in [0.3, 0.4) is 0 Å². The highest BCUT2D eigenvalue weighted by molar-refractivity contribution is 5.36. The first-order chi connectivity index (χ1) is 8.07. The lowest BCUT2D eigenvalue weighted by Gasteiger charge is -2.21. The standard InChI is InChI=1S/C15H17NO/c1-15(2,3)13-10-7-11-16-14(13)17-12-8-5-4-6-9-12/h4-11H,1-3H3. The van der Waals surface area contributed by atoms with Crippen molar-refractivity contribution in [1.82, 2.24) is 4.98 Å². The third-order valence-corrected chi connectivity index (χ3v) is 2.54. The molecule has 0 spiro atoms. The second kappa shape index (κ2) is 4.58. The second-order valence-electron chi connectivity index (χ2n) is 5.02. The van der Waals surface area contributed by atoms with Gasteiger partial charge >= 0.3 is 0 Å². The Kier molecular flexibility index (Phi) is 3.14. The molecule has 88 valence electrons. The average Bonchev–Trinajstić information content (AvgIpc) is 2.30. The molecule has 0 aliphatic heterocycles. The van der Waals surface area contributed by atoms with E-state index in [0.29, 0.717) is 5.88 Å². The molecule has 2 nitrogen and oxygen atoms in total. The van der Waals surface area contributed by atoms with Crippen molar-refractivity contribution < 1.29 is 4.74 Å². The van der Waals surface area contributed by atoms with Gasteiger partial charge in [0.2, 0.25) is 5.88 Å².